The molecule has 6 heteroatoms. The van der Waals surface area contributed by atoms with Crippen molar-refractivity contribution in [2.24, 2.45) is 0 Å². The number of amides is 2. The molecule has 1 heterocycles. The van der Waals surface area contributed by atoms with E-state index in [0.717, 1.165) is 13.0 Å². The van der Waals surface area contributed by atoms with Crippen LogP contribution in [0.5, 0.6) is 0 Å². The molecule has 2 rings (SSSR count). The quantitative estimate of drug-likeness (QED) is 0.830. The summed E-state index contributed by atoms with van der Waals surface area (Å²) in [6.45, 7) is 3.18. The van der Waals surface area contributed by atoms with Crippen molar-refractivity contribution in [3.05, 3.63) is 28.8 Å². The molecule has 0 bridgehead atoms. The maximum absolute atomic E-state index is 12.1. The largest absolute Gasteiger partial charge is 0.398 e. The minimum absolute atomic E-state index is 0.110. The van der Waals surface area contributed by atoms with E-state index in [1.165, 1.54) is 0 Å². The van der Waals surface area contributed by atoms with Gasteiger partial charge < -0.3 is 16.0 Å². The van der Waals surface area contributed by atoms with Gasteiger partial charge in [0.1, 0.15) is 0 Å². The number of likely N-dealkylation sites (tertiary alicyclic amines) is 1. The van der Waals surface area contributed by atoms with Crippen molar-refractivity contribution in [3.63, 3.8) is 0 Å². The van der Waals surface area contributed by atoms with Crippen LogP contribution in [0.1, 0.15) is 30.1 Å². The van der Waals surface area contributed by atoms with Gasteiger partial charge in [0.25, 0.3) is 5.91 Å². The Labute approximate surface area is 123 Å². The number of nitrogens with zero attached hydrogens (tertiary/aromatic N) is 1. The van der Waals surface area contributed by atoms with Crippen LogP contribution in [0.3, 0.4) is 0 Å². The Hall–Kier alpha value is -1.75. The number of carbonyl (C=O) groups is 2. The summed E-state index contributed by atoms with van der Waals surface area (Å²) in [5.74, 6) is -0.0623. The van der Waals surface area contributed by atoms with Crippen molar-refractivity contribution in [2.45, 2.75) is 25.8 Å². The minimum atomic E-state index is -0.217. The molecule has 1 fully saturated rings. The molecular weight excluding hydrogens is 278 g/mol. The summed E-state index contributed by atoms with van der Waals surface area (Å²) in [6, 6.07) is 4.66. The SMILES string of the molecule is CC(CN1CCCC1=O)NC(=O)c1ccc(N)c(Cl)c1. The summed E-state index contributed by atoms with van der Waals surface area (Å²) in [5.41, 5.74) is 6.51. The standard InChI is InChI=1S/C14H18ClN3O2/c1-9(8-18-6-2-3-13(18)19)17-14(20)10-4-5-12(16)11(15)7-10/h4-5,7,9H,2-3,6,8,16H2,1H3,(H,17,20). The van der Waals surface area contributed by atoms with Crippen LogP contribution in [0.4, 0.5) is 5.69 Å². The lowest BCUT2D eigenvalue weighted by atomic mass is 10.2. The summed E-state index contributed by atoms with van der Waals surface area (Å²) >= 11 is 5.89. The molecule has 3 N–H and O–H groups in total. The summed E-state index contributed by atoms with van der Waals surface area (Å²) in [4.78, 5) is 25.4. The van der Waals surface area contributed by atoms with Crippen molar-refractivity contribution in [3.8, 4) is 0 Å². The highest BCUT2D eigenvalue weighted by Gasteiger charge is 2.22. The third-order valence-corrected chi connectivity index (χ3v) is 3.63. The Balaban J connectivity index is 1.93. The maximum atomic E-state index is 12.1. The van der Waals surface area contributed by atoms with E-state index < -0.39 is 0 Å². The number of benzene rings is 1. The number of nitrogens with one attached hydrogen (secondary N) is 1. The highest BCUT2D eigenvalue weighted by Crippen LogP contribution is 2.19. The molecule has 1 aliphatic heterocycles. The first-order valence-corrected chi connectivity index (χ1v) is 6.99. The number of rotatable bonds is 4. The predicted molar refractivity (Wildman–Crippen MR) is 78.6 cm³/mol. The maximum Gasteiger partial charge on any atom is 0.251 e. The lowest BCUT2D eigenvalue weighted by Crippen LogP contribution is -2.42. The van der Waals surface area contributed by atoms with Gasteiger partial charge >= 0.3 is 0 Å². The normalized spacial score (nSPS) is 16.3. The van der Waals surface area contributed by atoms with Crippen molar-refractivity contribution in [1.82, 2.24) is 10.2 Å². The number of carbonyl (C=O) groups excluding carboxylic acids is 2. The Morgan fingerprint density at radius 1 is 1.55 bits per heavy atom. The van der Waals surface area contributed by atoms with Gasteiger partial charge in [-0.15, -0.1) is 0 Å². The van der Waals surface area contributed by atoms with Crippen LogP contribution in [0, 0.1) is 0 Å². The zero-order valence-corrected chi connectivity index (χ0v) is 12.1. The molecule has 0 aliphatic carbocycles. The zero-order chi connectivity index (χ0) is 14.7. The van der Waals surface area contributed by atoms with E-state index in [0.29, 0.717) is 29.2 Å². The number of halogens is 1. The van der Waals surface area contributed by atoms with E-state index in [2.05, 4.69) is 5.32 Å². The third kappa shape index (κ3) is 3.42. The molecule has 0 aromatic heterocycles. The molecule has 20 heavy (non-hydrogen) atoms. The molecule has 1 atom stereocenters. The molecule has 1 unspecified atom stereocenters. The van der Waals surface area contributed by atoms with Gasteiger partial charge in [0.15, 0.2) is 0 Å². The first-order valence-electron chi connectivity index (χ1n) is 6.61. The summed E-state index contributed by atoms with van der Waals surface area (Å²) in [5, 5.41) is 3.22. The summed E-state index contributed by atoms with van der Waals surface area (Å²) in [6.07, 6.45) is 1.50. The van der Waals surface area contributed by atoms with E-state index >= 15 is 0 Å². The fourth-order valence-electron chi connectivity index (χ4n) is 2.25. The second kappa shape index (κ2) is 6.13. The average Bonchev–Trinajstić information content (AvgIpc) is 2.78. The van der Waals surface area contributed by atoms with Crippen LogP contribution in [0.15, 0.2) is 18.2 Å². The van der Waals surface area contributed by atoms with E-state index in [1.54, 1.807) is 23.1 Å². The topological polar surface area (TPSA) is 75.4 Å². The van der Waals surface area contributed by atoms with Gasteiger partial charge in [-0.25, -0.2) is 0 Å². The van der Waals surface area contributed by atoms with E-state index in [1.807, 2.05) is 6.92 Å². The van der Waals surface area contributed by atoms with Crippen molar-refractivity contribution < 1.29 is 9.59 Å². The summed E-state index contributed by atoms with van der Waals surface area (Å²) < 4.78 is 0. The second-order valence-corrected chi connectivity index (χ2v) is 5.46. The van der Waals surface area contributed by atoms with Crippen molar-refractivity contribution >= 4 is 29.1 Å². The van der Waals surface area contributed by atoms with Gasteiger partial charge in [-0.3, -0.25) is 9.59 Å². The fourth-order valence-corrected chi connectivity index (χ4v) is 2.43. The molecule has 2 amide bonds. The van der Waals surface area contributed by atoms with Gasteiger partial charge in [-0.05, 0) is 31.5 Å². The highest BCUT2D eigenvalue weighted by atomic mass is 35.5. The van der Waals surface area contributed by atoms with Crippen molar-refractivity contribution in [1.29, 1.82) is 0 Å². The van der Waals surface area contributed by atoms with Gasteiger partial charge in [-0.1, -0.05) is 11.6 Å². The molecule has 1 saturated heterocycles. The third-order valence-electron chi connectivity index (χ3n) is 3.31. The second-order valence-electron chi connectivity index (χ2n) is 5.05. The van der Waals surface area contributed by atoms with E-state index in [4.69, 9.17) is 17.3 Å². The lowest BCUT2D eigenvalue weighted by molar-refractivity contribution is -0.127. The Kier molecular flexibility index (Phi) is 4.49. The predicted octanol–water partition coefficient (Wildman–Crippen LogP) is 1.66. The molecular formula is C14H18ClN3O2. The smallest absolute Gasteiger partial charge is 0.251 e. The molecule has 5 nitrogen and oxygen atoms in total. The number of hydrogen-bond acceptors (Lipinski definition) is 3. The molecule has 1 aromatic carbocycles. The van der Waals surface area contributed by atoms with Gasteiger partial charge in [0, 0.05) is 31.1 Å². The molecule has 108 valence electrons. The van der Waals surface area contributed by atoms with Crippen LogP contribution in [-0.4, -0.2) is 35.8 Å². The van der Waals surface area contributed by atoms with Gasteiger partial charge in [0.05, 0.1) is 10.7 Å². The van der Waals surface area contributed by atoms with Crippen LogP contribution in [-0.2, 0) is 4.79 Å². The lowest BCUT2D eigenvalue weighted by Gasteiger charge is -2.21. The molecule has 0 radical (unpaired) electrons. The van der Waals surface area contributed by atoms with Crippen LogP contribution < -0.4 is 11.1 Å². The molecule has 1 aromatic rings. The van der Waals surface area contributed by atoms with E-state index in [-0.39, 0.29) is 17.9 Å². The zero-order valence-electron chi connectivity index (χ0n) is 11.4. The van der Waals surface area contributed by atoms with Gasteiger partial charge in [-0.2, -0.15) is 0 Å². The first kappa shape index (κ1) is 14.7. The fraction of sp³-hybridized carbons (Fsp3) is 0.429. The Morgan fingerprint density at radius 2 is 2.30 bits per heavy atom. The summed E-state index contributed by atoms with van der Waals surface area (Å²) in [7, 11) is 0. The monoisotopic (exact) mass is 295 g/mol. The number of anilines is 1. The van der Waals surface area contributed by atoms with Crippen LogP contribution in [0.2, 0.25) is 5.02 Å². The highest BCUT2D eigenvalue weighted by molar-refractivity contribution is 6.33. The number of nitrogens with two attached hydrogens (primary N) is 1. The minimum Gasteiger partial charge on any atom is -0.398 e. The van der Waals surface area contributed by atoms with Crippen LogP contribution >= 0.6 is 11.6 Å². The Morgan fingerprint density at radius 3 is 2.90 bits per heavy atom. The van der Waals surface area contributed by atoms with Crippen molar-refractivity contribution in [2.75, 3.05) is 18.8 Å². The molecule has 0 spiro atoms. The van der Waals surface area contributed by atoms with Crippen LogP contribution in [0.25, 0.3) is 0 Å². The first-order chi connectivity index (χ1) is 9.47. The average molecular weight is 296 g/mol. The number of hydrogen-bond donors (Lipinski definition) is 2. The number of nitrogen functional groups attached to an aromatic ring is 1. The molecule has 1 aliphatic rings. The Bertz CT molecular complexity index is 533. The van der Waals surface area contributed by atoms with Gasteiger partial charge in [0.2, 0.25) is 5.91 Å². The molecule has 0 saturated carbocycles. The van der Waals surface area contributed by atoms with E-state index in [9.17, 15) is 9.59 Å².